The number of pyridine rings is 1. The van der Waals surface area contributed by atoms with E-state index in [0.717, 1.165) is 30.5 Å². The second-order valence-corrected chi connectivity index (χ2v) is 6.81. The molecule has 0 saturated carbocycles. The Labute approximate surface area is 159 Å². The summed E-state index contributed by atoms with van der Waals surface area (Å²) in [6.45, 7) is 3.78. The van der Waals surface area contributed by atoms with Gasteiger partial charge in [-0.1, -0.05) is 54.6 Å². The Morgan fingerprint density at radius 3 is 2.78 bits per heavy atom. The Kier molecular flexibility index (Phi) is 5.42. The third kappa shape index (κ3) is 4.51. The lowest BCUT2D eigenvalue weighted by Gasteiger charge is -2.33. The van der Waals surface area contributed by atoms with Gasteiger partial charge in [-0.2, -0.15) is 0 Å². The number of nitrogens with zero attached hydrogens (tertiary/aromatic N) is 2. The molecule has 1 aliphatic heterocycles. The summed E-state index contributed by atoms with van der Waals surface area (Å²) in [5.74, 6) is -0.162. The van der Waals surface area contributed by atoms with Crippen molar-refractivity contribution in [3.8, 4) is 0 Å². The molecule has 0 aliphatic carbocycles. The predicted octanol–water partition coefficient (Wildman–Crippen LogP) is 2.87. The Balaban J connectivity index is 1.32. The van der Waals surface area contributed by atoms with Crippen LogP contribution in [-0.2, 0) is 11.3 Å². The van der Waals surface area contributed by atoms with E-state index < -0.39 is 0 Å². The minimum Gasteiger partial charge on any atom is -0.374 e. The van der Waals surface area contributed by atoms with E-state index in [0.29, 0.717) is 18.8 Å². The zero-order valence-corrected chi connectivity index (χ0v) is 15.2. The van der Waals surface area contributed by atoms with Gasteiger partial charge in [0.2, 0.25) is 0 Å². The molecule has 0 unspecified atom stereocenters. The van der Waals surface area contributed by atoms with E-state index >= 15 is 0 Å². The molecule has 2 aromatic carbocycles. The molecular weight excluding hydrogens is 338 g/mol. The first kappa shape index (κ1) is 17.6. The summed E-state index contributed by atoms with van der Waals surface area (Å²) in [6, 6.07) is 21.9. The molecule has 4 rings (SSSR count). The van der Waals surface area contributed by atoms with Crippen molar-refractivity contribution in [2.45, 2.75) is 12.6 Å². The molecule has 3 aromatic rings. The zero-order chi connectivity index (χ0) is 18.5. The van der Waals surface area contributed by atoms with Gasteiger partial charge in [-0.25, -0.2) is 4.98 Å². The monoisotopic (exact) mass is 361 g/mol. The van der Waals surface area contributed by atoms with Crippen molar-refractivity contribution in [1.29, 1.82) is 0 Å². The van der Waals surface area contributed by atoms with E-state index in [-0.39, 0.29) is 12.0 Å². The number of morpholine rings is 1. The van der Waals surface area contributed by atoms with Crippen LogP contribution in [0.5, 0.6) is 0 Å². The van der Waals surface area contributed by atoms with Crippen LogP contribution in [0.2, 0.25) is 0 Å². The van der Waals surface area contributed by atoms with E-state index in [9.17, 15) is 4.79 Å². The van der Waals surface area contributed by atoms with Crippen molar-refractivity contribution in [2.75, 3.05) is 26.2 Å². The lowest BCUT2D eigenvalue weighted by atomic mass is 10.2. The Morgan fingerprint density at radius 1 is 1.07 bits per heavy atom. The van der Waals surface area contributed by atoms with Crippen molar-refractivity contribution in [2.24, 2.45) is 0 Å². The van der Waals surface area contributed by atoms with E-state index in [4.69, 9.17) is 4.74 Å². The SMILES string of the molecule is O=C(NC[C@@H]1CN(Cc2ccccc2)CCO1)c1ccc2ccccc2n1. The second-order valence-electron chi connectivity index (χ2n) is 6.81. The van der Waals surface area contributed by atoms with Crippen molar-refractivity contribution in [3.05, 3.63) is 78.0 Å². The topological polar surface area (TPSA) is 54.5 Å². The molecule has 2 heterocycles. The van der Waals surface area contributed by atoms with Crippen molar-refractivity contribution in [1.82, 2.24) is 15.2 Å². The number of ether oxygens (including phenoxy) is 1. The van der Waals surface area contributed by atoms with Crippen molar-refractivity contribution < 1.29 is 9.53 Å². The van der Waals surface area contributed by atoms with Crippen LogP contribution in [0.15, 0.2) is 66.7 Å². The summed E-state index contributed by atoms with van der Waals surface area (Å²) in [4.78, 5) is 19.3. The van der Waals surface area contributed by atoms with Crippen LogP contribution in [0.25, 0.3) is 10.9 Å². The van der Waals surface area contributed by atoms with Gasteiger partial charge in [-0.15, -0.1) is 0 Å². The first-order chi connectivity index (χ1) is 13.3. The number of fused-ring (bicyclic) bond motifs is 1. The van der Waals surface area contributed by atoms with E-state index in [1.165, 1.54) is 5.56 Å². The summed E-state index contributed by atoms with van der Waals surface area (Å²) < 4.78 is 5.83. The highest BCUT2D eigenvalue weighted by atomic mass is 16.5. The van der Waals surface area contributed by atoms with Gasteiger partial charge in [0, 0.05) is 31.6 Å². The molecule has 0 radical (unpaired) electrons. The third-order valence-electron chi connectivity index (χ3n) is 4.79. The normalized spacial score (nSPS) is 17.7. The van der Waals surface area contributed by atoms with Crippen LogP contribution >= 0.6 is 0 Å². The molecule has 1 fully saturated rings. The van der Waals surface area contributed by atoms with Gasteiger partial charge < -0.3 is 10.1 Å². The van der Waals surface area contributed by atoms with Gasteiger partial charge in [-0.05, 0) is 17.7 Å². The number of carbonyl (C=O) groups excluding carboxylic acids is 1. The molecule has 1 N–H and O–H groups in total. The van der Waals surface area contributed by atoms with E-state index in [1.807, 2.05) is 36.4 Å². The minimum absolute atomic E-state index is 0.00753. The molecule has 0 spiro atoms. The first-order valence-electron chi connectivity index (χ1n) is 9.30. The molecule has 5 nitrogen and oxygen atoms in total. The third-order valence-corrected chi connectivity index (χ3v) is 4.79. The number of benzene rings is 2. The fourth-order valence-electron chi connectivity index (χ4n) is 3.38. The van der Waals surface area contributed by atoms with Gasteiger partial charge in [-0.3, -0.25) is 9.69 Å². The average molecular weight is 361 g/mol. The highest BCUT2D eigenvalue weighted by Gasteiger charge is 2.21. The van der Waals surface area contributed by atoms with Crippen molar-refractivity contribution >= 4 is 16.8 Å². The molecule has 1 amide bonds. The van der Waals surface area contributed by atoms with Gasteiger partial charge >= 0.3 is 0 Å². The lowest BCUT2D eigenvalue weighted by Crippen LogP contribution is -2.47. The minimum atomic E-state index is -0.162. The molecule has 0 bridgehead atoms. The van der Waals surface area contributed by atoms with Gasteiger partial charge in [0.1, 0.15) is 5.69 Å². The fraction of sp³-hybridized carbons (Fsp3) is 0.273. The quantitative estimate of drug-likeness (QED) is 0.759. The van der Waals surface area contributed by atoms with Crippen LogP contribution in [0.4, 0.5) is 0 Å². The summed E-state index contributed by atoms with van der Waals surface area (Å²) in [7, 11) is 0. The van der Waals surface area contributed by atoms with Crippen LogP contribution in [0.3, 0.4) is 0 Å². The Bertz CT molecular complexity index is 914. The van der Waals surface area contributed by atoms with Gasteiger partial charge in [0.05, 0.1) is 18.2 Å². The highest BCUT2D eigenvalue weighted by molar-refractivity contribution is 5.94. The molecule has 1 aliphatic rings. The second kappa shape index (κ2) is 8.29. The summed E-state index contributed by atoms with van der Waals surface area (Å²) in [5, 5.41) is 3.99. The van der Waals surface area contributed by atoms with E-state index in [1.54, 1.807) is 6.07 Å². The molecule has 1 aromatic heterocycles. The van der Waals surface area contributed by atoms with Crippen LogP contribution in [0, 0.1) is 0 Å². The number of carbonyl (C=O) groups is 1. The van der Waals surface area contributed by atoms with E-state index in [2.05, 4.69) is 39.5 Å². The van der Waals surface area contributed by atoms with Crippen molar-refractivity contribution in [3.63, 3.8) is 0 Å². The number of rotatable bonds is 5. The average Bonchev–Trinajstić information content (AvgIpc) is 2.73. The number of aromatic nitrogens is 1. The number of nitrogens with one attached hydrogen (secondary N) is 1. The maximum Gasteiger partial charge on any atom is 0.269 e. The molecule has 138 valence electrons. The van der Waals surface area contributed by atoms with Gasteiger partial charge in [0.15, 0.2) is 0 Å². The summed E-state index contributed by atoms with van der Waals surface area (Å²) in [5.41, 5.74) is 2.56. The van der Waals surface area contributed by atoms with Crippen LogP contribution in [-0.4, -0.2) is 48.1 Å². The standard InChI is InChI=1S/C22H23N3O2/c26-22(21-11-10-18-8-4-5-9-20(18)24-21)23-14-19-16-25(12-13-27-19)15-17-6-2-1-3-7-17/h1-11,19H,12-16H2,(H,23,26)/t19-/m1/s1. The largest absolute Gasteiger partial charge is 0.374 e. The summed E-state index contributed by atoms with van der Waals surface area (Å²) in [6.07, 6.45) is -0.00753. The first-order valence-corrected chi connectivity index (χ1v) is 9.30. The smallest absolute Gasteiger partial charge is 0.269 e. The predicted molar refractivity (Wildman–Crippen MR) is 106 cm³/mol. The van der Waals surface area contributed by atoms with Gasteiger partial charge in [0.25, 0.3) is 5.91 Å². The number of hydrogen-bond acceptors (Lipinski definition) is 4. The maximum atomic E-state index is 12.5. The number of hydrogen-bond donors (Lipinski definition) is 1. The fourth-order valence-corrected chi connectivity index (χ4v) is 3.38. The number of para-hydroxylation sites is 1. The molecule has 5 heteroatoms. The zero-order valence-electron chi connectivity index (χ0n) is 15.2. The number of amides is 1. The molecule has 1 saturated heterocycles. The lowest BCUT2D eigenvalue weighted by molar-refractivity contribution is -0.0292. The Hall–Kier alpha value is -2.76. The van der Waals surface area contributed by atoms with Crippen LogP contribution in [0.1, 0.15) is 16.1 Å². The summed E-state index contributed by atoms with van der Waals surface area (Å²) >= 11 is 0. The van der Waals surface area contributed by atoms with Crippen LogP contribution < -0.4 is 5.32 Å². The molecule has 27 heavy (non-hydrogen) atoms. The molecular formula is C22H23N3O2. The highest BCUT2D eigenvalue weighted by Crippen LogP contribution is 2.13. The maximum absolute atomic E-state index is 12.5. The molecule has 1 atom stereocenters. The Morgan fingerprint density at radius 2 is 1.89 bits per heavy atom.